The van der Waals surface area contributed by atoms with Gasteiger partial charge in [0.15, 0.2) is 0 Å². The number of rotatable bonds is 3. The van der Waals surface area contributed by atoms with E-state index in [-0.39, 0.29) is 0 Å². The predicted molar refractivity (Wildman–Crippen MR) is 114 cm³/mol. The van der Waals surface area contributed by atoms with Gasteiger partial charge in [-0.2, -0.15) is 0 Å². The Balaban J connectivity index is 2.02. The van der Waals surface area contributed by atoms with Gasteiger partial charge in [0, 0.05) is 5.56 Å². The second kappa shape index (κ2) is 7.20. The van der Waals surface area contributed by atoms with Crippen LogP contribution in [-0.2, 0) is 0 Å². The predicted octanol–water partition coefficient (Wildman–Crippen LogP) is 7.49. The summed E-state index contributed by atoms with van der Waals surface area (Å²) in [5.41, 5.74) is 8.34. The van der Waals surface area contributed by atoms with Gasteiger partial charge in [0.1, 0.15) is 0 Å². The van der Waals surface area contributed by atoms with Crippen molar-refractivity contribution < 1.29 is 4.42 Å². The molecule has 1 aromatic heterocycles. The maximum absolute atomic E-state index is 6.48. The van der Waals surface area contributed by atoms with E-state index in [2.05, 4.69) is 87.5 Å². The highest BCUT2D eigenvalue weighted by Gasteiger charge is 2.26. The van der Waals surface area contributed by atoms with E-state index >= 15 is 0 Å². The Morgan fingerprint density at radius 2 is 1.19 bits per heavy atom. The molecular weight excluding hydrogens is 328 g/mol. The van der Waals surface area contributed by atoms with Gasteiger partial charge in [0.25, 0.3) is 0 Å². The molecule has 0 aliphatic carbocycles. The van der Waals surface area contributed by atoms with Gasteiger partial charge in [-0.3, -0.25) is 0 Å². The van der Waals surface area contributed by atoms with E-state index < -0.39 is 0 Å². The first-order valence-electron chi connectivity index (χ1n) is 9.30. The Morgan fingerprint density at radius 1 is 0.556 bits per heavy atom. The van der Waals surface area contributed by atoms with Crippen LogP contribution >= 0.6 is 0 Å². The van der Waals surface area contributed by atoms with Gasteiger partial charge in [0.2, 0.25) is 0 Å². The second-order valence-corrected chi connectivity index (χ2v) is 6.96. The summed E-state index contributed by atoms with van der Waals surface area (Å²) < 4.78 is 6.48. The first-order chi connectivity index (χ1) is 13.1. The van der Waals surface area contributed by atoms with Gasteiger partial charge in [-0.15, -0.1) is 0 Å². The molecule has 0 saturated heterocycles. The lowest BCUT2D eigenvalue weighted by Crippen LogP contribution is -1.94. The van der Waals surface area contributed by atoms with Crippen molar-refractivity contribution in [3.05, 3.63) is 102 Å². The van der Waals surface area contributed by atoms with Gasteiger partial charge in [-0.05, 0) is 55.7 Å². The van der Waals surface area contributed by atoms with Gasteiger partial charge in [0.05, 0.1) is 22.8 Å². The molecule has 0 unspecified atom stereocenters. The first-order valence-corrected chi connectivity index (χ1v) is 9.30. The standard InChI is InChI=1S/C26H23O/c1-18-11-10-16-23(19(18)2)26-20(3)24(21-12-6-4-7-13-21)17-25(27-26)22-14-8-5-9-15-22/h4-17H,1-3H3/q+1. The minimum atomic E-state index is 0.885. The Kier molecular flexibility index (Phi) is 4.60. The third kappa shape index (κ3) is 3.29. The molecule has 0 radical (unpaired) electrons. The van der Waals surface area contributed by atoms with Crippen LogP contribution in [0.3, 0.4) is 0 Å². The second-order valence-electron chi connectivity index (χ2n) is 6.96. The minimum Gasteiger partial charge on any atom is -0.206 e. The van der Waals surface area contributed by atoms with Crippen LogP contribution in [0, 0.1) is 20.8 Å². The summed E-state index contributed by atoms with van der Waals surface area (Å²) >= 11 is 0. The molecule has 0 aliphatic rings. The fourth-order valence-electron chi connectivity index (χ4n) is 3.49. The normalized spacial score (nSPS) is 10.8. The lowest BCUT2D eigenvalue weighted by atomic mass is 9.93. The van der Waals surface area contributed by atoms with E-state index in [1.807, 2.05) is 18.2 Å². The summed E-state index contributed by atoms with van der Waals surface area (Å²) in [4.78, 5) is 0. The quantitative estimate of drug-likeness (QED) is 0.348. The summed E-state index contributed by atoms with van der Waals surface area (Å²) in [6.45, 7) is 6.46. The van der Waals surface area contributed by atoms with Crippen molar-refractivity contribution in [1.82, 2.24) is 0 Å². The van der Waals surface area contributed by atoms with Crippen molar-refractivity contribution >= 4 is 0 Å². The van der Waals surface area contributed by atoms with Crippen LogP contribution in [0.5, 0.6) is 0 Å². The summed E-state index contributed by atoms with van der Waals surface area (Å²) in [6.07, 6.45) is 0. The maximum atomic E-state index is 6.48. The third-order valence-electron chi connectivity index (χ3n) is 5.22. The highest BCUT2D eigenvalue weighted by molar-refractivity contribution is 5.79. The van der Waals surface area contributed by atoms with E-state index in [1.54, 1.807) is 0 Å². The molecule has 0 bridgehead atoms. The maximum Gasteiger partial charge on any atom is 0.364 e. The zero-order valence-corrected chi connectivity index (χ0v) is 16.0. The lowest BCUT2D eigenvalue weighted by molar-refractivity contribution is 0.578. The fourth-order valence-corrected chi connectivity index (χ4v) is 3.49. The molecule has 0 atom stereocenters. The molecule has 27 heavy (non-hydrogen) atoms. The average Bonchev–Trinajstić information content (AvgIpc) is 2.72. The Hall–Kier alpha value is -3.19. The summed E-state index contributed by atoms with van der Waals surface area (Å²) in [7, 11) is 0. The molecule has 1 nitrogen and oxygen atoms in total. The molecule has 0 fully saturated rings. The van der Waals surface area contributed by atoms with Crippen LogP contribution in [-0.4, -0.2) is 0 Å². The molecule has 3 aromatic carbocycles. The summed E-state index contributed by atoms with van der Waals surface area (Å²) in [6, 6.07) is 29.4. The molecule has 1 heteroatoms. The minimum absolute atomic E-state index is 0.885. The molecule has 0 amide bonds. The average molecular weight is 351 g/mol. The van der Waals surface area contributed by atoms with Crippen LogP contribution in [0.1, 0.15) is 16.7 Å². The molecule has 132 valence electrons. The molecule has 1 heterocycles. The van der Waals surface area contributed by atoms with Crippen molar-refractivity contribution in [3.63, 3.8) is 0 Å². The Labute approximate surface area is 161 Å². The van der Waals surface area contributed by atoms with Crippen LogP contribution in [0.25, 0.3) is 33.8 Å². The van der Waals surface area contributed by atoms with Crippen molar-refractivity contribution in [2.45, 2.75) is 20.8 Å². The van der Waals surface area contributed by atoms with Gasteiger partial charge in [-0.25, -0.2) is 4.42 Å². The van der Waals surface area contributed by atoms with E-state index in [4.69, 9.17) is 4.42 Å². The van der Waals surface area contributed by atoms with E-state index in [0.29, 0.717) is 0 Å². The summed E-state index contributed by atoms with van der Waals surface area (Å²) in [5.74, 6) is 1.83. The van der Waals surface area contributed by atoms with Crippen molar-refractivity contribution in [3.8, 4) is 33.8 Å². The van der Waals surface area contributed by atoms with Crippen molar-refractivity contribution in [2.75, 3.05) is 0 Å². The molecule has 4 rings (SSSR count). The smallest absolute Gasteiger partial charge is 0.206 e. The van der Waals surface area contributed by atoms with Gasteiger partial charge in [-0.1, -0.05) is 60.7 Å². The zero-order chi connectivity index (χ0) is 18.8. The van der Waals surface area contributed by atoms with E-state index in [1.165, 1.54) is 22.3 Å². The van der Waals surface area contributed by atoms with Gasteiger partial charge >= 0.3 is 11.5 Å². The molecular formula is C26H23O+. The molecule has 0 aliphatic heterocycles. The number of aryl methyl sites for hydroxylation is 1. The SMILES string of the molecule is Cc1cccc(-c2[o+]c(-c3ccccc3)cc(-c3ccccc3)c2C)c1C. The molecule has 0 spiro atoms. The highest BCUT2D eigenvalue weighted by Crippen LogP contribution is 2.38. The Bertz CT molecular complexity index is 1080. The molecule has 0 N–H and O–H groups in total. The van der Waals surface area contributed by atoms with Crippen LogP contribution in [0.2, 0.25) is 0 Å². The highest BCUT2D eigenvalue weighted by atomic mass is 16.3. The van der Waals surface area contributed by atoms with Crippen LogP contribution < -0.4 is 0 Å². The molecule has 4 aromatic rings. The lowest BCUT2D eigenvalue weighted by Gasteiger charge is -2.09. The van der Waals surface area contributed by atoms with E-state index in [0.717, 1.165) is 28.2 Å². The zero-order valence-electron chi connectivity index (χ0n) is 16.0. The summed E-state index contributed by atoms with van der Waals surface area (Å²) in [5, 5.41) is 0. The number of hydrogen-bond donors (Lipinski definition) is 0. The van der Waals surface area contributed by atoms with Crippen LogP contribution in [0.15, 0.2) is 89.3 Å². The Morgan fingerprint density at radius 3 is 1.85 bits per heavy atom. The first kappa shape index (κ1) is 17.2. The number of hydrogen-bond acceptors (Lipinski definition) is 0. The molecule has 0 saturated carbocycles. The van der Waals surface area contributed by atoms with Crippen molar-refractivity contribution in [2.24, 2.45) is 0 Å². The van der Waals surface area contributed by atoms with Gasteiger partial charge < -0.3 is 0 Å². The largest absolute Gasteiger partial charge is 0.364 e. The van der Waals surface area contributed by atoms with E-state index in [9.17, 15) is 0 Å². The van der Waals surface area contributed by atoms with Crippen molar-refractivity contribution in [1.29, 1.82) is 0 Å². The fraction of sp³-hybridized carbons (Fsp3) is 0.115. The third-order valence-corrected chi connectivity index (χ3v) is 5.22. The van der Waals surface area contributed by atoms with Crippen LogP contribution in [0.4, 0.5) is 0 Å². The number of benzene rings is 3. The topological polar surface area (TPSA) is 11.3 Å². The monoisotopic (exact) mass is 351 g/mol.